The van der Waals surface area contributed by atoms with Gasteiger partial charge in [-0.1, -0.05) is 11.6 Å². The van der Waals surface area contributed by atoms with Crippen molar-refractivity contribution in [2.24, 2.45) is 5.73 Å². The van der Waals surface area contributed by atoms with E-state index in [0.29, 0.717) is 34.6 Å². The zero-order valence-electron chi connectivity index (χ0n) is 19.2. The Labute approximate surface area is 209 Å². The number of methoxy groups -OCH3 is 2. The molecule has 0 aromatic heterocycles. The van der Waals surface area contributed by atoms with Crippen molar-refractivity contribution in [1.29, 1.82) is 0 Å². The van der Waals surface area contributed by atoms with Gasteiger partial charge >= 0.3 is 12.2 Å². The third-order valence-electron chi connectivity index (χ3n) is 4.96. The van der Waals surface area contributed by atoms with Crippen molar-refractivity contribution in [3.63, 3.8) is 0 Å². The van der Waals surface area contributed by atoms with Gasteiger partial charge in [-0.15, -0.1) is 0 Å². The minimum atomic E-state index is -4.72. The minimum absolute atomic E-state index is 0.0431. The molecule has 0 saturated heterocycles. The molecular formula is C24H21ClF3N3O5. The van der Waals surface area contributed by atoms with Crippen molar-refractivity contribution in [2.45, 2.75) is 13.1 Å². The van der Waals surface area contributed by atoms with E-state index in [0.717, 1.165) is 6.07 Å². The number of alkyl halides is 3. The maximum atomic E-state index is 13.2. The quantitative estimate of drug-likeness (QED) is 0.340. The summed E-state index contributed by atoms with van der Waals surface area (Å²) >= 11 is 5.69. The fraction of sp³-hybridized carbons (Fsp3) is 0.167. The van der Waals surface area contributed by atoms with E-state index in [9.17, 15) is 22.8 Å². The van der Waals surface area contributed by atoms with Crippen LogP contribution in [0.5, 0.6) is 23.0 Å². The number of primary amides is 1. The van der Waals surface area contributed by atoms with E-state index in [-0.39, 0.29) is 17.0 Å². The van der Waals surface area contributed by atoms with Crippen LogP contribution in [-0.4, -0.2) is 26.2 Å². The third kappa shape index (κ3) is 6.11. The highest BCUT2D eigenvalue weighted by Crippen LogP contribution is 2.40. The largest absolute Gasteiger partial charge is 0.496 e. The number of carbonyl (C=O) groups is 2. The molecule has 36 heavy (non-hydrogen) atoms. The van der Waals surface area contributed by atoms with Gasteiger partial charge in [-0.2, -0.15) is 13.2 Å². The number of urea groups is 1. The molecule has 12 heteroatoms. The van der Waals surface area contributed by atoms with Gasteiger partial charge in [0.2, 0.25) is 0 Å². The van der Waals surface area contributed by atoms with Crippen LogP contribution in [0.2, 0.25) is 5.02 Å². The molecule has 3 aromatic rings. The van der Waals surface area contributed by atoms with Crippen molar-refractivity contribution in [1.82, 2.24) is 0 Å². The maximum Gasteiger partial charge on any atom is 0.417 e. The Morgan fingerprint density at radius 2 is 1.50 bits per heavy atom. The molecule has 0 atom stereocenters. The molecule has 0 radical (unpaired) electrons. The zero-order valence-corrected chi connectivity index (χ0v) is 20.0. The predicted octanol–water partition coefficient (Wildman–Crippen LogP) is 6.22. The molecule has 0 fully saturated rings. The van der Waals surface area contributed by atoms with Gasteiger partial charge in [0, 0.05) is 11.8 Å². The first-order valence-corrected chi connectivity index (χ1v) is 10.6. The lowest BCUT2D eigenvalue weighted by Gasteiger charge is -2.16. The molecule has 3 aromatic carbocycles. The summed E-state index contributed by atoms with van der Waals surface area (Å²) < 4.78 is 55.5. The normalized spacial score (nSPS) is 11.0. The predicted molar refractivity (Wildman–Crippen MR) is 128 cm³/mol. The molecular weight excluding hydrogens is 503 g/mol. The lowest BCUT2D eigenvalue weighted by atomic mass is 10.1. The van der Waals surface area contributed by atoms with Crippen LogP contribution in [0.25, 0.3) is 0 Å². The fourth-order valence-electron chi connectivity index (χ4n) is 3.23. The Kier molecular flexibility index (Phi) is 7.83. The Morgan fingerprint density at radius 1 is 0.889 bits per heavy atom. The summed E-state index contributed by atoms with van der Waals surface area (Å²) in [6.45, 7) is 1.69. The number of rotatable bonds is 7. The Hall–Kier alpha value is -4.12. The first kappa shape index (κ1) is 26.5. The summed E-state index contributed by atoms with van der Waals surface area (Å²) in [5, 5.41) is 4.34. The molecule has 0 heterocycles. The van der Waals surface area contributed by atoms with Gasteiger partial charge in [-0.05, 0) is 55.0 Å². The number of nitrogens with one attached hydrogen (secondary N) is 2. The molecule has 0 spiro atoms. The molecule has 0 aliphatic carbocycles. The van der Waals surface area contributed by atoms with Gasteiger partial charge in [0.1, 0.15) is 23.0 Å². The van der Waals surface area contributed by atoms with Crippen LogP contribution in [0.4, 0.5) is 29.3 Å². The van der Waals surface area contributed by atoms with Gasteiger partial charge < -0.3 is 30.6 Å². The second-order valence-electron chi connectivity index (χ2n) is 7.41. The lowest BCUT2D eigenvalue weighted by molar-refractivity contribution is -0.137. The zero-order chi connectivity index (χ0) is 26.6. The first-order chi connectivity index (χ1) is 16.9. The SMILES string of the molecule is COc1cc(Cl)c(C(F)(F)F)cc1NC(=O)Nc1ccc(Oc2ccc(OC)c(C(N)=O)c2)cc1C. The van der Waals surface area contributed by atoms with Crippen LogP contribution < -0.4 is 30.6 Å². The summed E-state index contributed by atoms with van der Waals surface area (Å²) in [6, 6.07) is 10.2. The van der Waals surface area contributed by atoms with Crippen LogP contribution in [0.15, 0.2) is 48.5 Å². The van der Waals surface area contributed by atoms with E-state index in [1.807, 2.05) is 0 Å². The smallest absolute Gasteiger partial charge is 0.417 e. The minimum Gasteiger partial charge on any atom is -0.496 e. The van der Waals surface area contributed by atoms with Crippen molar-refractivity contribution in [3.05, 3.63) is 70.2 Å². The third-order valence-corrected chi connectivity index (χ3v) is 5.27. The van der Waals surface area contributed by atoms with Crippen LogP contribution in [0.1, 0.15) is 21.5 Å². The van der Waals surface area contributed by atoms with E-state index >= 15 is 0 Å². The number of ether oxygens (including phenoxy) is 3. The summed E-state index contributed by atoms with van der Waals surface area (Å²) in [6.07, 6.45) is -4.72. The van der Waals surface area contributed by atoms with Crippen molar-refractivity contribution < 1.29 is 37.0 Å². The Balaban J connectivity index is 1.76. The van der Waals surface area contributed by atoms with Crippen molar-refractivity contribution in [2.75, 3.05) is 24.9 Å². The fourth-order valence-corrected chi connectivity index (χ4v) is 3.49. The number of carbonyl (C=O) groups excluding carboxylic acids is 2. The molecule has 0 bridgehead atoms. The van der Waals surface area contributed by atoms with Gasteiger partial charge in [-0.3, -0.25) is 4.79 Å². The number of hydrogen-bond donors (Lipinski definition) is 3. The van der Waals surface area contributed by atoms with E-state index < -0.39 is 28.7 Å². The number of aryl methyl sites for hydroxylation is 1. The summed E-state index contributed by atoms with van der Waals surface area (Å²) in [7, 11) is 2.64. The van der Waals surface area contributed by atoms with Crippen LogP contribution in [-0.2, 0) is 6.18 Å². The Bertz CT molecular complexity index is 1310. The molecule has 0 aliphatic heterocycles. The highest BCUT2D eigenvalue weighted by atomic mass is 35.5. The van der Waals surface area contributed by atoms with Gasteiger partial charge in [0.05, 0.1) is 36.1 Å². The van der Waals surface area contributed by atoms with E-state index in [1.54, 1.807) is 31.2 Å². The molecule has 4 N–H and O–H groups in total. The monoisotopic (exact) mass is 523 g/mol. The average molecular weight is 524 g/mol. The molecule has 190 valence electrons. The number of nitrogens with two attached hydrogens (primary N) is 1. The molecule has 0 unspecified atom stereocenters. The van der Waals surface area contributed by atoms with Crippen molar-refractivity contribution >= 4 is 34.9 Å². The second-order valence-corrected chi connectivity index (χ2v) is 7.82. The molecule has 8 nitrogen and oxygen atoms in total. The molecule has 3 amide bonds. The second kappa shape index (κ2) is 10.6. The van der Waals surface area contributed by atoms with Crippen LogP contribution in [0.3, 0.4) is 0 Å². The van der Waals surface area contributed by atoms with E-state index in [1.165, 1.54) is 26.4 Å². The first-order valence-electron chi connectivity index (χ1n) is 10.2. The number of hydrogen-bond acceptors (Lipinski definition) is 5. The Morgan fingerprint density at radius 3 is 2.08 bits per heavy atom. The van der Waals surface area contributed by atoms with Crippen LogP contribution in [0, 0.1) is 6.92 Å². The molecule has 0 aliphatic rings. The number of amides is 3. The van der Waals surface area contributed by atoms with Gasteiger partial charge in [0.25, 0.3) is 5.91 Å². The molecule has 0 saturated carbocycles. The van der Waals surface area contributed by atoms with Crippen LogP contribution >= 0.6 is 11.6 Å². The highest BCUT2D eigenvalue weighted by molar-refractivity contribution is 6.31. The standard InChI is InChI=1S/C24H21ClF3N3O5/c1-12-8-13(36-14-5-7-20(34-2)15(9-14)22(29)32)4-6-18(12)30-23(33)31-19-10-16(24(26,27)28)17(25)11-21(19)35-3/h4-11H,1-3H3,(H2,29,32)(H2,30,31,33). The van der Waals surface area contributed by atoms with E-state index in [4.69, 9.17) is 31.5 Å². The lowest BCUT2D eigenvalue weighted by Crippen LogP contribution is -2.21. The topological polar surface area (TPSA) is 112 Å². The highest BCUT2D eigenvalue weighted by Gasteiger charge is 2.34. The van der Waals surface area contributed by atoms with Gasteiger partial charge in [-0.25, -0.2) is 4.79 Å². The summed E-state index contributed by atoms with van der Waals surface area (Å²) in [4.78, 5) is 24.1. The molecule has 3 rings (SSSR count). The van der Waals surface area contributed by atoms with Gasteiger partial charge in [0.15, 0.2) is 0 Å². The van der Waals surface area contributed by atoms with E-state index in [2.05, 4.69) is 10.6 Å². The maximum absolute atomic E-state index is 13.2. The number of benzene rings is 3. The van der Waals surface area contributed by atoms with Crippen molar-refractivity contribution in [3.8, 4) is 23.0 Å². The number of anilines is 2. The average Bonchev–Trinajstić information content (AvgIpc) is 2.80. The number of halogens is 4. The summed E-state index contributed by atoms with van der Waals surface area (Å²) in [5.41, 5.74) is 5.14. The summed E-state index contributed by atoms with van der Waals surface area (Å²) in [5.74, 6) is 0.305.